The van der Waals surface area contributed by atoms with Crippen LogP contribution in [0, 0.1) is 6.92 Å². The van der Waals surface area contributed by atoms with E-state index >= 15 is 0 Å². The lowest BCUT2D eigenvalue weighted by Gasteiger charge is -2.11. The van der Waals surface area contributed by atoms with Crippen LogP contribution < -0.4 is 14.9 Å². The SMILES string of the molecule is Cc1oc2cc(OCc3ccccc3Cl)ccc2c(=O)c1Oc1ccccc1. The lowest BCUT2D eigenvalue weighted by atomic mass is 10.2. The third kappa shape index (κ3) is 3.73. The zero-order chi connectivity index (χ0) is 19.5. The average molecular weight is 393 g/mol. The van der Waals surface area contributed by atoms with Gasteiger partial charge >= 0.3 is 0 Å². The molecule has 0 aliphatic carbocycles. The number of fused-ring (bicyclic) bond motifs is 1. The minimum absolute atomic E-state index is 0.184. The van der Waals surface area contributed by atoms with Gasteiger partial charge < -0.3 is 13.9 Å². The molecule has 3 aromatic carbocycles. The molecule has 0 saturated heterocycles. The van der Waals surface area contributed by atoms with E-state index in [0.29, 0.717) is 39.9 Å². The van der Waals surface area contributed by atoms with E-state index in [2.05, 4.69) is 0 Å². The molecule has 0 saturated carbocycles. The number of para-hydroxylation sites is 1. The lowest BCUT2D eigenvalue weighted by Crippen LogP contribution is -2.07. The quantitative estimate of drug-likeness (QED) is 0.410. The smallest absolute Gasteiger partial charge is 0.235 e. The number of benzene rings is 3. The summed E-state index contributed by atoms with van der Waals surface area (Å²) in [5.41, 5.74) is 1.10. The highest BCUT2D eigenvalue weighted by molar-refractivity contribution is 6.31. The molecule has 4 aromatic rings. The Bertz CT molecular complexity index is 1180. The molecule has 140 valence electrons. The number of halogens is 1. The van der Waals surface area contributed by atoms with E-state index in [1.807, 2.05) is 42.5 Å². The lowest BCUT2D eigenvalue weighted by molar-refractivity contribution is 0.306. The van der Waals surface area contributed by atoms with Crippen LogP contribution in [0.3, 0.4) is 0 Å². The highest BCUT2D eigenvalue weighted by Gasteiger charge is 2.14. The highest BCUT2D eigenvalue weighted by Crippen LogP contribution is 2.27. The van der Waals surface area contributed by atoms with E-state index in [0.717, 1.165) is 5.56 Å². The molecule has 5 heteroatoms. The van der Waals surface area contributed by atoms with Crippen molar-refractivity contribution in [3.63, 3.8) is 0 Å². The number of aryl methyl sites for hydroxylation is 1. The first-order valence-electron chi connectivity index (χ1n) is 8.78. The van der Waals surface area contributed by atoms with Gasteiger partial charge in [-0.15, -0.1) is 0 Å². The van der Waals surface area contributed by atoms with Crippen LogP contribution >= 0.6 is 11.6 Å². The van der Waals surface area contributed by atoms with E-state index in [1.165, 1.54) is 0 Å². The standard InChI is InChI=1S/C23H17ClO4/c1-15-23(28-17-8-3-2-4-9-17)22(25)19-12-11-18(13-21(19)27-15)26-14-16-7-5-6-10-20(16)24/h2-13H,14H2,1H3. The largest absolute Gasteiger partial charge is 0.489 e. The number of hydrogen-bond donors (Lipinski definition) is 0. The van der Waals surface area contributed by atoms with Gasteiger partial charge in [0.15, 0.2) is 0 Å². The Morgan fingerprint density at radius 3 is 2.46 bits per heavy atom. The molecule has 28 heavy (non-hydrogen) atoms. The monoisotopic (exact) mass is 392 g/mol. The van der Waals surface area contributed by atoms with Crippen molar-refractivity contribution in [2.24, 2.45) is 0 Å². The van der Waals surface area contributed by atoms with Crippen LogP contribution in [0.15, 0.2) is 82.0 Å². The second-order valence-electron chi connectivity index (χ2n) is 6.27. The Kier molecular flexibility index (Phi) is 5.04. The Hall–Kier alpha value is -3.24. The fourth-order valence-electron chi connectivity index (χ4n) is 2.86. The van der Waals surface area contributed by atoms with Crippen molar-refractivity contribution in [1.29, 1.82) is 0 Å². The van der Waals surface area contributed by atoms with Gasteiger partial charge in [0.1, 0.15) is 29.4 Å². The molecule has 4 nitrogen and oxygen atoms in total. The van der Waals surface area contributed by atoms with Crippen LogP contribution in [0.25, 0.3) is 11.0 Å². The molecule has 1 aromatic heterocycles. The molecule has 0 bridgehead atoms. The van der Waals surface area contributed by atoms with Gasteiger partial charge in [-0.05, 0) is 37.3 Å². The molecule has 0 N–H and O–H groups in total. The summed E-state index contributed by atoms with van der Waals surface area (Å²) in [7, 11) is 0. The average Bonchev–Trinajstić information content (AvgIpc) is 2.71. The Labute approximate surface area is 166 Å². The summed E-state index contributed by atoms with van der Waals surface area (Å²) in [6.07, 6.45) is 0. The predicted octanol–water partition coefficient (Wildman–Crippen LogP) is 6.13. The summed E-state index contributed by atoms with van der Waals surface area (Å²) in [5.74, 6) is 1.76. The normalized spacial score (nSPS) is 10.8. The maximum Gasteiger partial charge on any atom is 0.235 e. The summed E-state index contributed by atoms with van der Waals surface area (Å²) >= 11 is 6.16. The molecule has 4 rings (SSSR count). The van der Waals surface area contributed by atoms with Crippen LogP contribution in [-0.2, 0) is 6.61 Å². The molecule has 0 spiro atoms. The van der Waals surface area contributed by atoms with Crippen molar-refractivity contribution < 1.29 is 13.9 Å². The van der Waals surface area contributed by atoms with Crippen molar-refractivity contribution in [2.45, 2.75) is 13.5 Å². The molecule has 0 unspecified atom stereocenters. The fraction of sp³-hybridized carbons (Fsp3) is 0.0870. The summed E-state index contributed by atoms with van der Waals surface area (Å²) in [6.45, 7) is 2.03. The summed E-state index contributed by atoms with van der Waals surface area (Å²) in [4.78, 5) is 12.8. The van der Waals surface area contributed by atoms with Gasteiger partial charge in [-0.1, -0.05) is 48.0 Å². The number of ether oxygens (including phenoxy) is 2. The minimum atomic E-state index is -0.222. The van der Waals surface area contributed by atoms with Crippen LogP contribution in [0.5, 0.6) is 17.2 Å². The molecule has 0 fully saturated rings. The first-order valence-corrected chi connectivity index (χ1v) is 9.16. The first kappa shape index (κ1) is 18.1. The molecular formula is C23H17ClO4. The van der Waals surface area contributed by atoms with Crippen LogP contribution in [0.1, 0.15) is 11.3 Å². The number of rotatable bonds is 5. The molecular weight excluding hydrogens is 376 g/mol. The van der Waals surface area contributed by atoms with Crippen molar-refractivity contribution in [3.8, 4) is 17.2 Å². The molecule has 1 heterocycles. The van der Waals surface area contributed by atoms with E-state index in [4.69, 9.17) is 25.5 Å². The van der Waals surface area contributed by atoms with Crippen LogP contribution in [-0.4, -0.2) is 0 Å². The Balaban J connectivity index is 1.63. The highest BCUT2D eigenvalue weighted by atomic mass is 35.5. The third-order valence-corrected chi connectivity index (χ3v) is 4.67. The van der Waals surface area contributed by atoms with Gasteiger partial charge in [-0.25, -0.2) is 0 Å². The maximum absolute atomic E-state index is 12.8. The maximum atomic E-state index is 12.8. The zero-order valence-electron chi connectivity index (χ0n) is 15.1. The van der Waals surface area contributed by atoms with Gasteiger partial charge in [-0.3, -0.25) is 4.79 Å². The molecule has 0 aliphatic heterocycles. The predicted molar refractivity (Wildman–Crippen MR) is 110 cm³/mol. The van der Waals surface area contributed by atoms with Crippen LogP contribution in [0.2, 0.25) is 5.02 Å². The summed E-state index contributed by atoms with van der Waals surface area (Å²) < 4.78 is 17.4. The van der Waals surface area contributed by atoms with Crippen molar-refractivity contribution in [1.82, 2.24) is 0 Å². The van der Waals surface area contributed by atoms with Crippen molar-refractivity contribution in [3.05, 3.63) is 99.4 Å². The van der Waals surface area contributed by atoms with E-state index < -0.39 is 0 Å². The first-order chi connectivity index (χ1) is 13.6. The molecule has 0 atom stereocenters. The van der Waals surface area contributed by atoms with Gasteiger partial charge in [0, 0.05) is 16.7 Å². The summed E-state index contributed by atoms with van der Waals surface area (Å²) in [6, 6.07) is 21.8. The number of hydrogen-bond acceptors (Lipinski definition) is 4. The van der Waals surface area contributed by atoms with E-state index in [1.54, 1.807) is 37.3 Å². The second-order valence-corrected chi connectivity index (χ2v) is 6.68. The topological polar surface area (TPSA) is 48.7 Å². The molecule has 0 radical (unpaired) electrons. The van der Waals surface area contributed by atoms with Crippen LogP contribution in [0.4, 0.5) is 0 Å². The van der Waals surface area contributed by atoms with Crippen molar-refractivity contribution >= 4 is 22.6 Å². The fourth-order valence-corrected chi connectivity index (χ4v) is 3.05. The summed E-state index contributed by atoms with van der Waals surface area (Å²) in [5, 5.41) is 1.08. The van der Waals surface area contributed by atoms with Gasteiger partial charge in [0.05, 0.1) is 5.39 Å². The van der Waals surface area contributed by atoms with Crippen molar-refractivity contribution in [2.75, 3.05) is 0 Å². The minimum Gasteiger partial charge on any atom is -0.489 e. The Morgan fingerprint density at radius 1 is 0.929 bits per heavy atom. The molecule has 0 aliphatic rings. The third-order valence-electron chi connectivity index (χ3n) is 4.30. The van der Waals surface area contributed by atoms with Gasteiger partial charge in [-0.2, -0.15) is 0 Å². The van der Waals surface area contributed by atoms with E-state index in [9.17, 15) is 4.79 Å². The Morgan fingerprint density at radius 2 is 1.68 bits per heavy atom. The second kappa shape index (κ2) is 7.79. The molecule has 0 amide bonds. The zero-order valence-corrected chi connectivity index (χ0v) is 15.9. The van der Waals surface area contributed by atoms with Gasteiger partial charge in [0.2, 0.25) is 11.2 Å². The van der Waals surface area contributed by atoms with E-state index in [-0.39, 0.29) is 11.2 Å². The van der Waals surface area contributed by atoms with Gasteiger partial charge in [0.25, 0.3) is 0 Å².